The summed E-state index contributed by atoms with van der Waals surface area (Å²) in [6.45, 7) is 5.48. The summed E-state index contributed by atoms with van der Waals surface area (Å²) in [5.74, 6) is -0.270. The van der Waals surface area contributed by atoms with Crippen molar-refractivity contribution in [2.45, 2.75) is 39.3 Å². The molecule has 4 nitrogen and oxygen atoms in total. The lowest BCUT2D eigenvalue weighted by Crippen LogP contribution is -2.30. The number of hydrogen-bond acceptors (Lipinski definition) is 4. The van der Waals surface area contributed by atoms with E-state index in [4.69, 9.17) is 14.3 Å². The second kappa shape index (κ2) is 6.16. The van der Waals surface area contributed by atoms with Crippen molar-refractivity contribution in [1.29, 1.82) is 0 Å². The van der Waals surface area contributed by atoms with Crippen molar-refractivity contribution in [2.24, 2.45) is 5.92 Å². The van der Waals surface area contributed by atoms with Crippen LogP contribution < -0.4 is 0 Å². The van der Waals surface area contributed by atoms with Crippen LogP contribution >= 0.6 is 0 Å². The molecule has 0 amide bonds. The zero-order chi connectivity index (χ0) is 11.2. The molecule has 5 heteroatoms. The Morgan fingerprint density at radius 2 is 2.07 bits per heavy atom. The summed E-state index contributed by atoms with van der Waals surface area (Å²) in [6.07, 6.45) is 1.29. The number of carbonyl (C=O) groups excluding carboxylic acids is 1. The molecule has 0 saturated heterocycles. The van der Waals surface area contributed by atoms with Crippen molar-refractivity contribution in [1.82, 2.24) is 0 Å². The molecule has 0 aromatic carbocycles. The fourth-order valence-electron chi connectivity index (χ4n) is 0.889. The van der Waals surface area contributed by atoms with Gasteiger partial charge in [0.15, 0.2) is 0 Å². The lowest BCUT2D eigenvalue weighted by atomic mass is 10.1. The number of esters is 1. The second-order valence-electron chi connectivity index (χ2n) is 3.80. The third-order valence-electron chi connectivity index (χ3n) is 2.05. The Morgan fingerprint density at radius 3 is 2.50 bits per heavy atom. The Morgan fingerprint density at radius 1 is 1.50 bits per heavy atom. The number of hydrogen-bond donors (Lipinski definition) is 2. The highest BCUT2D eigenvalue weighted by molar-refractivity contribution is 6.63. The van der Waals surface area contributed by atoms with Crippen LogP contribution in [0.5, 0.6) is 0 Å². The highest BCUT2D eigenvalue weighted by atomic mass is 28.4. The molecule has 1 unspecified atom stereocenters. The summed E-state index contributed by atoms with van der Waals surface area (Å²) in [7, 11) is -2.96. The van der Waals surface area contributed by atoms with Gasteiger partial charge in [0.2, 0.25) is 0 Å². The number of rotatable bonds is 6. The van der Waals surface area contributed by atoms with Crippen molar-refractivity contribution in [3.63, 3.8) is 0 Å². The summed E-state index contributed by atoms with van der Waals surface area (Å²) in [6, 6.07) is 0.348. The fourth-order valence-corrected chi connectivity index (χ4v) is 1.70. The van der Waals surface area contributed by atoms with E-state index in [1.807, 2.05) is 13.8 Å². The molecule has 0 saturated carbocycles. The van der Waals surface area contributed by atoms with E-state index < -0.39 is 8.56 Å². The lowest BCUT2D eigenvalue weighted by molar-refractivity contribution is -0.148. The minimum Gasteiger partial charge on any atom is -0.465 e. The van der Waals surface area contributed by atoms with E-state index in [1.54, 1.807) is 0 Å². The molecule has 0 aliphatic heterocycles. The molecule has 0 spiro atoms. The molecule has 0 aromatic heterocycles. The molecular formula is C9H20O4Si. The van der Waals surface area contributed by atoms with Gasteiger partial charge in [0.05, 0.1) is 12.5 Å². The van der Waals surface area contributed by atoms with Gasteiger partial charge in [-0.15, -0.1) is 0 Å². The highest BCUT2D eigenvalue weighted by Gasteiger charge is 2.20. The van der Waals surface area contributed by atoms with E-state index in [1.165, 1.54) is 6.55 Å². The number of carbonyl (C=O) groups is 1. The standard InChI is InChI=1S/C9H20O4Si/c1-4-8(2)9(10)13-6-5-7-14(3,11)12/h8,11-12H,4-7H2,1-3H3. The molecule has 0 heterocycles. The summed E-state index contributed by atoms with van der Waals surface area (Å²) in [5.41, 5.74) is 0. The lowest BCUT2D eigenvalue weighted by Gasteiger charge is -2.12. The SMILES string of the molecule is CCC(C)C(=O)OCCC[Si](C)(O)O. The van der Waals surface area contributed by atoms with Gasteiger partial charge >= 0.3 is 14.5 Å². The van der Waals surface area contributed by atoms with Crippen molar-refractivity contribution in [2.75, 3.05) is 6.61 Å². The van der Waals surface area contributed by atoms with Crippen LogP contribution in [-0.4, -0.2) is 30.7 Å². The van der Waals surface area contributed by atoms with E-state index in [-0.39, 0.29) is 18.5 Å². The summed E-state index contributed by atoms with van der Waals surface area (Å²) < 4.78 is 4.95. The zero-order valence-corrected chi connectivity index (χ0v) is 10.1. The minimum absolute atomic E-state index is 0.0677. The molecule has 2 N–H and O–H groups in total. The predicted molar refractivity (Wildman–Crippen MR) is 55.9 cm³/mol. The number of ether oxygens (including phenoxy) is 1. The first kappa shape index (κ1) is 13.6. The van der Waals surface area contributed by atoms with E-state index in [2.05, 4.69) is 0 Å². The van der Waals surface area contributed by atoms with Crippen LogP contribution in [0.3, 0.4) is 0 Å². The first-order chi connectivity index (χ1) is 6.37. The van der Waals surface area contributed by atoms with Gasteiger partial charge in [-0.1, -0.05) is 13.8 Å². The van der Waals surface area contributed by atoms with Crippen LogP contribution in [0, 0.1) is 5.92 Å². The predicted octanol–water partition coefficient (Wildman–Crippen LogP) is 1.02. The third-order valence-corrected chi connectivity index (χ3v) is 3.35. The molecule has 0 bridgehead atoms. The zero-order valence-electron chi connectivity index (χ0n) is 9.12. The molecule has 14 heavy (non-hydrogen) atoms. The Balaban J connectivity index is 3.51. The molecule has 0 aliphatic carbocycles. The van der Waals surface area contributed by atoms with Crippen LogP contribution in [0.4, 0.5) is 0 Å². The maximum Gasteiger partial charge on any atom is 0.329 e. The summed E-state index contributed by atoms with van der Waals surface area (Å²) >= 11 is 0. The van der Waals surface area contributed by atoms with Gasteiger partial charge in [0, 0.05) is 0 Å². The quantitative estimate of drug-likeness (QED) is 0.398. The van der Waals surface area contributed by atoms with Crippen LogP contribution in [0.1, 0.15) is 26.7 Å². The normalized spacial score (nSPS) is 13.8. The summed E-state index contributed by atoms with van der Waals surface area (Å²) in [4.78, 5) is 29.3. The average Bonchev–Trinajstić information content (AvgIpc) is 2.09. The van der Waals surface area contributed by atoms with E-state index >= 15 is 0 Å². The van der Waals surface area contributed by atoms with E-state index in [0.717, 1.165) is 6.42 Å². The van der Waals surface area contributed by atoms with Gasteiger partial charge < -0.3 is 14.3 Å². The molecule has 1 atom stereocenters. The van der Waals surface area contributed by atoms with Crippen LogP contribution in [0.15, 0.2) is 0 Å². The molecule has 0 rings (SSSR count). The highest BCUT2D eigenvalue weighted by Crippen LogP contribution is 2.07. The van der Waals surface area contributed by atoms with Gasteiger partial charge in [-0.25, -0.2) is 0 Å². The molecule has 84 valence electrons. The fraction of sp³-hybridized carbons (Fsp3) is 0.889. The third kappa shape index (κ3) is 7.05. The van der Waals surface area contributed by atoms with Crippen molar-refractivity contribution < 1.29 is 19.1 Å². The van der Waals surface area contributed by atoms with Gasteiger partial charge in [0.1, 0.15) is 0 Å². The van der Waals surface area contributed by atoms with E-state index in [0.29, 0.717) is 12.5 Å². The van der Waals surface area contributed by atoms with E-state index in [9.17, 15) is 4.79 Å². The van der Waals surface area contributed by atoms with Gasteiger partial charge in [-0.2, -0.15) is 0 Å². The molecule has 0 radical (unpaired) electrons. The molecular weight excluding hydrogens is 200 g/mol. The Hall–Kier alpha value is -0.393. The van der Waals surface area contributed by atoms with Crippen LogP contribution in [0.2, 0.25) is 12.6 Å². The first-order valence-corrected chi connectivity index (χ1v) is 7.58. The monoisotopic (exact) mass is 220 g/mol. The Bertz CT molecular complexity index is 176. The molecule has 0 aliphatic rings. The minimum atomic E-state index is -2.96. The second-order valence-corrected chi connectivity index (χ2v) is 6.73. The molecule has 0 fully saturated rings. The maximum atomic E-state index is 11.2. The topological polar surface area (TPSA) is 66.8 Å². The largest absolute Gasteiger partial charge is 0.465 e. The average molecular weight is 220 g/mol. The van der Waals surface area contributed by atoms with Crippen LogP contribution in [-0.2, 0) is 9.53 Å². The first-order valence-electron chi connectivity index (χ1n) is 4.98. The maximum absolute atomic E-state index is 11.2. The van der Waals surface area contributed by atoms with Gasteiger partial charge in [-0.05, 0) is 25.4 Å². The van der Waals surface area contributed by atoms with Crippen molar-refractivity contribution >= 4 is 14.5 Å². The van der Waals surface area contributed by atoms with Gasteiger partial charge in [-0.3, -0.25) is 4.79 Å². The van der Waals surface area contributed by atoms with Gasteiger partial charge in [0.25, 0.3) is 0 Å². The van der Waals surface area contributed by atoms with Crippen molar-refractivity contribution in [3.8, 4) is 0 Å². The van der Waals surface area contributed by atoms with Crippen molar-refractivity contribution in [3.05, 3.63) is 0 Å². The smallest absolute Gasteiger partial charge is 0.329 e. The Kier molecular flexibility index (Phi) is 5.99. The molecule has 0 aromatic rings. The Labute approximate surface area is 86.1 Å². The summed E-state index contributed by atoms with van der Waals surface area (Å²) in [5, 5.41) is 0. The van der Waals surface area contributed by atoms with Crippen LogP contribution in [0.25, 0.3) is 0 Å².